The van der Waals surface area contributed by atoms with Gasteiger partial charge in [-0.2, -0.15) is 0 Å². The first-order chi connectivity index (χ1) is 19.6. The molecule has 6 nitrogen and oxygen atoms in total. The molecule has 0 heterocycles. The normalized spacial score (nSPS) is 10.8. The first-order valence-corrected chi connectivity index (χ1v) is 12.6. The molecule has 0 atom stereocenters. The van der Waals surface area contributed by atoms with Gasteiger partial charge in [0.05, 0.1) is 16.7 Å². The average molecular weight is 524 g/mol. The fourth-order valence-electron chi connectivity index (χ4n) is 4.74. The summed E-state index contributed by atoms with van der Waals surface area (Å²) in [4.78, 5) is 40.0. The molecule has 0 amide bonds. The smallest absolute Gasteiger partial charge is 0.458 e. The summed E-state index contributed by atoms with van der Waals surface area (Å²) in [6.07, 6.45) is 0. The summed E-state index contributed by atoms with van der Waals surface area (Å²) in [7, 11) is -1.94. The molecule has 0 unspecified atom stereocenters. The lowest BCUT2D eigenvalue weighted by Gasteiger charge is -2.16. The molecule has 192 valence electrons. The van der Waals surface area contributed by atoms with Crippen molar-refractivity contribution in [1.29, 1.82) is 0 Å². The Morgan fingerprint density at radius 3 is 0.975 bits per heavy atom. The van der Waals surface area contributed by atoms with Gasteiger partial charge in [0.25, 0.3) is 0 Å². The van der Waals surface area contributed by atoms with Gasteiger partial charge < -0.3 is 14.0 Å². The van der Waals surface area contributed by atoms with Crippen LogP contribution >= 0.6 is 0 Å². The Morgan fingerprint density at radius 1 is 0.375 bits per heavy atom. The zero-order valence-electron chi connectivity index (χ0n) is 21.2. The number of hydrogen-bond acceptors (Lipinski definition) is 6. The van der Waals surface area contributed by atoms with Crippen LogP contribution in [0.4, 0.5) is 0 Å². The number of hydrogen-bond donors (Lipinski definition) is 0. The summed E-state index contributed by atoms with van der Waals surface area (Å²) in [5, 5.41) is 4.43. The summed E-state index contributed by atoms with van der Waals surface area (Å²) in [6.45, 7) is 0. The highest BCUT2D eigenvalue weighted by Gasteiger charge is 2.38. The maximum Gasteiger partial charge on any atom is 0.870 e. The van der Waals surface area contributed by atoms with Gasteiger partial charge in [0.1, 0.15) is 0 Å². The predicted molar refractivity (Wildman–Crippen MR) is 154 cm³/mol. The van der Waals surface area contributed by atoms with Crippen molar-refractivity contribution < 1.29 is 28.3 Å². The third kappa shape index (κ3) is 4.88. The summed E-state index contributed by atoms with van der Waals surface area (Å²) < 4.78 is 16.6. The van der Waals surface area contributed by atoms with E-state index in [1.807, 2.05) is 54.6 Å². The van der Waals surface area contributed by atoms with Crippen LogP contribution in [0.25, 0.3) is 32.3 Å². The fraction of sp³-hybridized carbons (Fsp3) is 0. The molecule has 6 aromatic carbocycles. The lowest BCUT2D eigenvalue weighted by atomic mass is 10.0. The molecule has 0 fully saturated rings. The van der Waals surface area contributed by atoms with E-state index in [2.05, 4.69) is 0 Å². The van der Waals surface area contributed by atoms with Crippen LogP contribution in [0.3, 0.4) is 0 Å². The van der Waals surface area contributed by atoms with Gasteiger partial charge in [-0.3, -0.25) is 0 Å². The van der Waals surface area contributed by atoms with Crippen molar-refractivity contribution in [3.05, 3.63) is 144 Å². The van der Waals surface area contributed by atoms with Crippen LogP contribution in [0.5, 0.6) is 0 Å². The molecule has 0 saturated heterocycles. The van der Waals surface area contributed by atoms with Crippen LogP contribution < -0.4 is 0 Å². The Balaban J connectivity index is 1.34. The van der Waals surface area contributed by atoms with Crippen molar-refractivity contribution in [3.63, 3.8) is 0 Å². The van der Waals surface area contributed by atoms with E-state index in [0.29, 0.717) is 16.2 Å². The minimum Gasteiger partial charge on any atom is -0.458 e. The van der Waals surface area contributed by atoms with Crippen molar-refractivity contribution in [1.82, 2.24) is 0 Å². The number of carbonyl (C=O) groups is 3. The van der Waals surface area contributed by atoms with Crippen LogP contribution in [0.2, 0.25) is 0 Å². The fourth-order valence-corrected chi connectivity index (χ4v) is 4.74. The van der Waals surface area contributed by atoms with Gasteiger partial charge in [0, 0.05) is 0 Å². The molecule has 40 heavy (non-hydrogen) atoms. The van der Waals surface area contributed by atoms with E-state index < -0.39 is 25.2 Å². The molecule has 0 aromatic heterocycles. The predicted octanol–water partition coefficient (Wildman–Crippen LogP) is 7.00. The van der Waals surface area contributed by atoms with Crippen LogP contribution in [-0.2, 0) is 14.0 Å². The highest BCUT2D eigenvalue weighted by Crippen LogP contribution is 2.23. The second kappa shape index (κ2) is 10.7. The van der Waals surface area contributed by atoms with Gasteiger partial charge in [0.2, 0.25) is 0 Å². The summed E-state index contributed by atoms with van der Waals surface area (Å²) in [6, 6.07) is 37.5. The van der Waals surface area contributed by atoms with Gasteiger partial charge >= 0.3 is 25.2 Å². The zero-order chi connectivity index (χ0) is 27.5. The minimum absolute atomic E-state index is 0.241. The first-order valence-electron chi connectivity index (χ1n) is 12.6. The van der Waals surface area contributed by atoms with E-state index in [9.17, 15) is 14.4 Å². The molecule has 0 radical (unpaired) electrons. The summed E-state index contributed by atoms with van der Waals surface area (Å²) >= 11 is 0. The Morgan fingerprint density at radius 2 is 0.650 bits per heavy atom. The Labute approximate surface area is 229 Å². The second-order valence-corrected chi connectivity index (χ2v) is 9.08. The Hall–Kier alpha value is -5.43. The number of rotatable bonds is 6. The third-order valence-electron chi connectivity index (χ3n) is 6.64. The minimum atomic E-state index is -1.94. The lowest BCUT2D eigenvalue weighted by Crippen LogP contribution is -2.35. The van der Waals surface area contributed by atoms with Crippen molar-refractivity contribution >= 4 is 57.5 Å². The maximum absolute atomic E-state index is 13.3. The highest BCUT2D eigenvalue weighted by molar-refractivity contribution is 6.46. The quantitative estimate of drug-likeness (QED) is 0.218. The maximum atomic E-state index is 13.3. The number of carbonyl (C=O) groups excluding carboxylic acids is 3. The van der Waals surface area contributed by atoms with Crippen molar-refractivity contribution in [2.24, 2.45) is 0 Å². The van der Waals surface area contributed by atoms with Crippen molar-refractivity contribution in [3.8, 4) is 0 Å². The van der Waals surface area contributed by atoms with E-state index in [1.54, 1.807) is 72.8 Å². The number of benzene rings is 6. The van der Waals surface area contributed by atoms with E-state index in [1.165, 1.54) is 0 Å². The molecule has 6 aromatic rings. The molecular weight excluding hydrogens is 503 g/mol. The van der Waals surface area contributed by atoms with E-state index >= 15 is 0 Å². The molecule has 0 N–H and O–H groups in total. The zero-order valence-corrected chi connectivity index (χ0v) is 21.2. The highest BCUT2D eigenvalue weighted by atomic mass is 16.8. The Kier molecular flexibility index (Phi) is 6.69. The van der Waals surface area contributed by atoms with Crippen molar-refractivity contribution in [2.75, 3.05) is 0 Å². The molecule has 0 spiro atoms. The molecule has 0 saturated carbocycles. The van der Waals surface area contributed by atoms with Gasteiger partial charge in [-0.25, -0.2) is 14.4 Å². The van der Waals surface area contributed by atoms with E-state index in [4.69, 9.17) is 14.0 Å². The third-order valence-corrected chi connectivity index (χ3v) is 6.64. The van der Waals surface area contributed by atoms with E-state index in [-0.39, 0.29) is 16.7 Å². The average Bonchev–Trinajstić information content (AvgIpc) is 3.00. The van der Waals surface area contributed by atoms with E-state index in [0.717, 1.165) is 16.2 Å². The molecule has 6 rings (SSSR count). The molecule has 0 aliphatic heterocycles. The first kappa shape index (κ1) is 24.9. The Bertz CT molecular complexity index is 1680. The van der Waals surface area contributed by atoms with Crippen molar-refractivity contribution in [2.45, 2.75) is 0 Å². The largest absolute Gasteiger partial charge is 0.870 e. The summed E-state index contributed by atoms with van der Waals surface area (Å²) in [5.41, 5.74) is 0.724. The standard InChI is InChI=1S/C33H21BO6/c35-31(28-19-7-13-22-10-1-4-16-25(22)28)38-34(39-32(36)29-20-8-14-23-11-2-5-17-26(23)29)40-33(37)30-21-9-15-24-12-3-6-18-27(24)30/h1-21H. The SMILES string of the molecule is O=C(OB(OC(=O)c1cccc2ccccc12)OC(=O)c1cccc2ccccc12)c1cccc2ccccc12. The van der Waals surface area contributed by atoms with Crippen LogP contribution in [0.1, 0.15) is 31.1 Å². The van der Waals surface area contributed by atoms with Crippen LogP contribution in [0.15, 0.2) is 127 Å². The summed E-state index contributed by atoms with van der Waals surface area (Å²) in [5.74, 6) is -2.42. The lowest BCUT2D eigenvalue weighted by molar-refractivity contribution is 0.0413. The molecular formula is C33H21BO6. The van der Waals surface area contributed by atoms with Crippen LogP contribution in [-0.4, -0.2) is 25.2 Å². The van der Waals surface area contributed by atoms with Gasteiger partial charge in [-0.15, -0.1) is 0 Å². The molecule has 0 aliphatic rings. The molecule has 0 bridgehead atoms. The van der Waals surface area contributed by atoms with Gasteiger partial charge in [0.15, 0.2) is 0 Å². The second-order valence-electron chi connectivity index (χ2n) is 9.08. The molecule has 0 aliphatic carbocycles. The van der Waals surface area contributed by atoms with Gasteiger partial charge in [-0.05, 0) is 50.5 Å². The molecule has 7 heteroatoms. The van der Waals surface area contributed by atoms with Crippen LogP contribution in [0, 0.1) is 0 Å². The topological polar surface area (TPSA) is 78.9 Å². The number of fused-ring (bicyclic) bond motifs is 3. The van der Waals surface area contributed by atoms with Gasteiger partial charge in [-0.1, -0.05) is 109 Å². The monoisotopic (exact) mass is 524 g/mol.